The molecule has 3 heterocycles. The Balaban J connectivity index is 1.34. The number of benzene rings is 2. The number of hydrogen-bond acceptors (Lipinski definition) is 5. The van der Waals surface area contributed by atoms with Crippen LogP contribution in [-0.4, -0.2) is 53.7 Å². The van der Waals surface area contributed by atoms with Crippen LogP contribution in [0.2, 0.25) is 0 Å². The maximum absolute atomic E-state index is 13.6. The zero-order valence-electron chi connectivity index (χ0n) is 18.1. The van der Waals surface area contributed by atoms with Gasteiger partial charge in [-0.05, 0) is 48.9 Å². The van der Waals surface area contributed by atoms with Gasteiger partial charge in [-0.1, -0.05) is 18.2 Å². The van der Waals surface area contributed by atoms with Crippen LogP contribution in [0, 0.1) is 12.7 Å². The van der Waals surface area contributed by atoms with Crippen LogP contribution in [0.25, 0.3) is 0 Å². The predicted octanol–water partition coefficient (Wildman–Crippen LogP) is 3.95. The van der Waals surface area contributed by atoms with Gasteiger partial charge in [0, 0.05) is 31.1 Å². The predicted molar refractivity (Wildman–Crippen MR) is 124 cm³/mol. The van der Waals surface area contributed by atoms with E-state index in [4.69, 9.17) is 0 Å². The molecule has 0 spiro atoms. The zero-order chi connectivity index (χ0) is 23.1. The number of hydrogen-bond donors (Lipinski definition) is 0. The summed E-state index contributed by atoms with van der Waals surface area (Å²) in [6.07, 6.45) is 0. The van der Waals surface area contributed by atoms with E-state index in [-0.39, 0.29) is 24.3 Å². The lowest BCUT2D eigenvalue weighted by molar-refractivity contribution is 0.0640. The number of piperazine rings is 1. The first kappa shape index (κ1) is 21.3. The van der Waals surface area contributed by atoms with Crippen LogP contribution in [0.5, 0.6) is 0 Å². The molecular weight excluding hydrogens is 441 g/mol. The number of carbonyl (C=O) groups is 3. The third kappa shape index (κ3) is 3.91. The van der Waals surface area contributed by atoms with Crippen LogP contribution in [0.4, 0.5) is 10.1 Å². The minimum absolute atomic E-state index is 0.0199. The standard InChI is InChI=1S/C25H22FN3O3S/c1-16-8-9-21(33-16)24(31)28-12-10-27(11-13-28)20-7-3-6-19-22(20)25(32)29(23(19)30)15-17-4-2-5-18(26)14-17/h2-9,14H,10-13,15H2,1H3. The molecule has 0 unspecified atom stereocenters. The van der Waals surface area contributed by atoms with Crippen LogP contribution < -0.4 is 4.90 Å². The van der Waals surface area contributed by atoms with Crippen molar-refractivity contribution in [1.82, 2.24) is 9.80 Å². The summed E-state index contributed by atoms with van der Waals surface area (Å²) in [6, 6.07) is 15.0. The summed E-state index contributed by atoms with van der Waals surface area (Å²) in [5.74, 6) is -1.13. The normalized spacial score (nSPS) is 15.9. The molecule has 3 aromatic rings. The smallest absolute Gasteiger partial charge is 0.264 e. The largest absolute Gasteiger partial charge is 0.367 e. The molecule has 0 radical (unpaired) electrons. The van der Waals surface area contributed by atoms with Crippen LogP contribution in [0.3, 0.4) is 0 Å². The lowest BCUT2D eigenvalue weighted by Crippen LogP contribution is -2.49. The summed E-state index contributed by atoms with van der Waals surface area (Å²) in [7, 11) is 0. The van der Waals surface area contributed by atoms with Crippen molar-refractivity contribution in [3.8, 4) is 0 Å². The number of thiophene rings is 1. The highest BCUT2D eigenvalue weighted by molar-refractivity contribution is 7.13. The Labute approximate surface area is 194 Å². The molecule has 1 fully saturated rings. The minimum atomic E-state index is -0.407. The number of carbonyl (C=O) groups excluding carboxylic acids is 3. The quantitative estimate of drug-likeness (QED) is 0.550. The number of amides is 3. The van der Waals surface area contributed by atoms with Gasteiger partial charge in [-0.3, -0.25) is 19.3 Å². The number of aryl methyl sites for hydroxylation is 1. The first-order valence-electron chi connectivity index (χ1n) is 10.8. The van der Waals surface area contributed by atoms with Crippen molar-refractivity contribution in [2.75, 3.05) is 31.1 Å². The summed E-state index contributed by atoms with van der Waals surface area (Å²) in [5, 5.41) is 0. The molecule has 3 amide bonds. The summed E-state index contributed by atoms with van der Waals surface area (Å²) in [4.78, 5) is 45.9. The lowest BCUT2D eigenvalue weighted by atomic mass is 10.1. The molecule has 33 heavy (non-hydrogen) atoms. The van der Waals surface area contributed by atoms with E-state index in [0.29, 0.717) is 48.6 Å². The molecule has 0 atom stereocenters. The molecular formula is C25H22FN3O3S. The Bertz CT molecular complexity index is 1260. The summed E-state index contributed by atoms with van der Waals surface area (Å²) >= 11 is 1.49. The van der Waals surface area contributed by atoms with Crippen molar-refractivity contribution in [3.05, 3.63) is 86.9 Å². The third-order valence-electron chi connectivity index (χ3n) is 6.07. The van der Waals surface area contributed by atoms with Gasteiger partial charge in [0.25, 0.3) is 17.7 Å². The van der Waals surface area contributed by atoms with Crippen molar-refractivity contribution in [3.63, 3.8) is 0 Å². The zero-order valence-corrected chi connectivity index (χ0v) is 18.9. The van der Waals surface area contributed by atoms with Crippen LogP contribution in [-0.2, 0) is 6.54 Å². The molecule has 2 aromatic carbocycles. The van der Waals surface area contributed by atoms with Crippen molar-refractivity contribution in [1.29, 1.82) is 0 Å². The first-order chi connectivity index (χ1) is 15.9. The number of nitrogens with zero attached hydrogens (tertiary/aromatic N) is 3. The number of fused-ring (bicyclic) bond motifs is 1. The van der Waals surface area contributed by atoms with Gasteiger partial charge in [0.15, 0.2) is 0 Å². The molecule has 2 aliphatic rings. The van der Waals surface area contributed by atoms with E-state index in [0.717, 1.165) is 9.75 Å². The molecule has 168 valence electrons. The van der Waals surface area contributed by atoms with Gasteiger partial charge in [-0.2, -0.15) is 0 Å². The lowest BCUT2D eigenvalue weighted by Gasteiger charge is -2.36. The third-order valence-corrected chi connectivity index (χ3v) is 7.05. The van der Waals surface area contributed by atoms with E-state index in [1.165, 1.54) is 28.4 Å². The van der Waals surface area contributed by atoms with Gasteiger partial charge in [-0.25, -0.2) is 4.39 Å². The molecule has 8 heteroatoms. The SMILES string of the molecule is Cc1ccc(C(=O)N2CCN(c3cccc4c3C(=O)N(Cc3cccc(F)c3)C4=O)CC2)s1. The van der Waals surface area contributed by atoms with Crippen molar-refractivity contribution >= 4 is 34.7 Å². The van der Waals surface area contributed by atoms with E-state index < -0.39 is 5.82 Å². The number of anilines is 1. The fraction of sp³-hybridized carbons (Fsp3) is 0.240. The highest BCUT2D eigenvalue weighted by Crippen LogP contribution is 2.33. The van der Waals surface area contributed by atoms with E-state index in [1.54, 1.807) is 24.3 Å². The van der Waals surface area contributed by atoms with Gasteiger partial charge >= 0.3 is 0 Å². The Morgan fingerprint density at radius 2 is 1.73 bits per heavy atom. The van der Waals surface area contributed by atoms with Crippen molar-refractivity contribution < 1.29 is 18.8 Å². The summed E-state index contributed by atoms with van der Waals surface area (Å²) in [5.41, 5.74) is 2.00. The molecule has 0 N–H and O–H groups in total. The maximum Gasteiger partial charge on any atom is 0.264 e. The maximum atomic E-state index is 13.6. The van der Waals surface area contributed by atoms with E-state index in [2.05, 4.69) is 4.90 Å². The second-order valence-electron chi connectivity index (χ2n) is 8.22. The molecule has 1 aromatic heterocycles. The number of halogens is 1. The van der Waals surface area contributed by atoms with E-state index >= 15 is 0 Å². The van der Waals surface area contributed by atoms with Crippen LogP contribution in [0.1, 0.15) is 40.8 Å². The molecule has 1 saturated heterocycles. The van der Waals surface area contributed by atoms with Gasteiger partial charge in [-0.15, -0.1) is 11.3 Å². The Morgan fingerprint density at radius 3 is 2.42 bits per heavy atom. The monoisotopic (exact) mass is 463 g/mol. The van der Waals surface area contributed by atoms with E-state index in [1.807, 2.05) is 30.0 Å². The van der Waals surface area contributed by atoms with Gasteiger partial charge in [0.2, 0.25) is 0 Å². The van der Waals surface area contributed by atoms with Crippen molar-refractivity contribution in [2.24, 2.45) is 0 Å². The van der Waals surface area contributed by atoms with E-state index in [9.17, 15) is 18.8 Å². The van der Waals surface area contributed by atoms with Gasteiger partial charge in [0.05, 0.1) is 28.2 Å². The van der Waals surface area contributed by atoms with Crippen LogP contribution in [0.15, 0.2) is 54.6 Å². The van der Waals surface area contributed by atoms with Crippen LogP contribution >= 0.6 is 11.3 Å². The molecule has 2 aliphatic heterocycles. The number of rotatable bonds is 4. The molecule has 0 bridgehead atoms. The minimum Gasteiger partial charge on any atom is -0.367 e. The second kappa shape index (κ2) is 8.44. The molecule has 0 aliphatic carbocycles. The highest BCUT2D eigenvalue weighted by atomic mass is 32.1. The molecule has 0 saturated carbocycles. The average Bonchev–Trinajstić information content (AvgIpc) is 3.36. The number of imide groups is 1. The second-order valence-corrected chi connectivity index (χ2v) is 9.50. The fourth-order valence-electron chi connectivity index (χ4n) is 4.40. The van der Waals surface area contributed by atoms with Gasteiger partial charge in [0.1, 0.15) is 5.82 Å². The molecule has 5 rings (SSSR count). The Kier molecular flexibility index (Phi) is 5.46. The van der Waals surface area contributed by atoms with Gasteiger partial charge < -0.3 is 9.80 Å². The molecule has 6 nitrogen and oxygen atoms in total. The first-order valence-corrected chi connectivity index (χ1v) is 11.6. The average molecular weight is 464 g/mol. The summed E-state index contributed by atoms with van der Waals surface area (Å²) in [6.45, 7) is 4.20. The Hall–Kier alpha value is -3.52. The Morgan fingerprint density at radius 1 is 0.970 bits per heavy atom. The summed E-state index contributed by atoms with van der Waals surface area (Å²) < 4.78 is 13.6. The fourth-order valence-corrected chi connectivity index (χ4v) is 5.23. The highest BCUT2D eigenvalue weighted by Gasteiger charge is 2.39. The topological polar surface area (TPSA) is 60.9 Å². The van der Waals surface area contributed by atoms with Crippen molar-refractivity contribution in [2.45, 2.75) is 13.5 Å².